The summed E-state index contributed by atoms with van der Waals surface area (Å²) in [6.45, 7) is 5.31. The molecular weight excluding hydrogens is 428 g/mol. The Balaban J connectivity index is 1.38. The molecule has 1 amide bonds. The first-order valence-corrected chi connectivity index (χ1v) is 11.4. The van der Waals surface area contributed by atoms with Crippen LogP contribution < -0.4 is 10.1 Å². The zero-order valence-electron chi connectivity index (χ0n) is 19.7. The van der Waals surface area contributed by atoms with E-state index in [-0.39, 0.29) is 5.91 Å². The van der Waals surface area contributed by atoms with Crippen molar-refractivity contribution in [2.45, 2.75) is 6.92 Å². The van der Waals surface area contributed by atoms with E-state index in [2.05, 4.69) is 27.2 Å². The van der Waals surface area contributed by atoms with Gasteiger partial charge in [-0.05, 0) is 62.0 Å². The Morgan fingerprint density at radius 3 is 2.50 bits per heavy atom. The van der Waals surface area contributed by atoms with E-state index in [0.29, 0.717) is 5.82 Å². The number of anilines is 2. The number of nitrogens with one attached hydrogen (secondary N) is 1. The second kappa shape index (κ2) is 9.15. The molecule has 1 aliphatic heterocycles. The van der Waals surface area contributed by atoms with Crippen LogP contribution in [0.25, 0.3) is 16.9 Å². The molecule has 1 N–H and O–H groups in total. The van der Waals surface area contributed by atoms with Crippen LogP contribution in [0.2, 0.25) is 0 Å². The van der Waals surface area contributed by atoms with E-state index in [1.165, 1.54) is 0 Å². The van der Waals surface area contributed by atoms with Crippen molar-refractivity contribution in [3.63, 3.8) is 0 Å². The molecule has 1 aliphatic rings. The van der Waals surface area contributed by atoms with Gasteiger partial charge in [-0.3, -0.25) is 9.20 Å². The van der Waals surface area contributed by atoms with E-state index in [0.717, 1.165) is 65.6 Å². The van der Waals surface area contributed by atoms with Crippen LogP contribution in [0.3, 0.4) is 0 Å². The van der Waals surface area contributed by atoms with Gasteiger partial charge in [-0.15, -0.1) is 0 Å². The first-order valence-electron chi connectivity index (χ1n) is 11.4. The summed E-state index contributed by atoms with van der Waals surface area (Å²) in [6.07, 6.45) is 5.49. The fourth-order valence-electron chi connectivity index (χ4n) is 4.28. The van der Waals surface area contributed by atoms with Crippen molar-refractivity contribution in [3.8, 4) is 17.0 Å². The average molecular weight is 457 g/mol. The fraction of sp³-hybridized carbons (Fsp3) is 0.269. The van der Waals surface area contributed by atoms with E-state index in [9.17, 15) is 4.79 Å². The van der Waals surface area contributed by atoms with Crippen molar-refractivity contribution in [2.24, 2.45) is 0 Å². The quantitative estimate of drug-likeness (QED) is 0.492. The lowest BCUT2D eigenvalue weighted by atomic mass is 10.1. The van der Waals surface area contributed by atoms with Crippen LogP contribution >= 0.6 is 0 Å². The van der Waals surface area contributed by atoms with Gasteiger partial charge in [0.1, 0.15) is 5.75 Å². The molecule has 0 radical (unpaired) electrons. The number of hydrogen-bond acceptors (Lipinski definition) is 6. The molecule has 1 saturated heterocycles. The maximum atomic E-state index is 13.0. The zero-order chi connectivity index (χ0) is 23.7. The Labute approximate surface area is 198 Å². The van der Waals surface area contributed by atoms with Gasteiger partial charge in [0.15, 0.2) is 11.5 Å². The molecule has 0 spiro atoms. The lowest BCUT2D eigenvalue weighted by Crippen LogP contribution is -2.47. The Bertz CT molecular complexity index is 1320. The first-order chi connectivity index (χ1) is 16.5. The largest absolute Gasteiger partial charge is 0.497 e. The molecule has 0 atom stereocenters. The summed E-state index contributed by atoms with van der Waals surface area (Å²) in [5.41, 5.74) is 5.26. The molecule has 0 unspecified atom stereocenters. The number of benzene rings is 2. The van der Waals surface area contributed by atoms with Gasteiger partial charge in [-0.1, -0.05) is 0 Å². The molecule has 8 heteroatoms. The summed E-state index contributed by atoms with van der Waals surface area (Å²) in [7, 11) is 3.74. The van der Waals surface area contributed by atoms with Crippen LogP contribution in [0.1, 0.15) is 15.9 Å². The lowest BCUT2D eigenvalue weighted by molar-refractivity contribution is 0.0663. The number of fused-ring (bicyclic) bond motifs is 1. The molecule has 34 heavy (non-hydrogen) atoms. The number of methoxy groups -OCH3 is 1. The number of aryl methyl sites for hydroxylation is 1. The molecule has 5 rings (SSSR count). The number of nitrogens with zero attached hydrogens (tertiary/aromatic N) is 5. The summed E-state index contributed by atoms with van der Waals surface area (Å²) in [6, 6.07) is 13.7. The van der Waals surface area contributed by atoms with Crippen molar-refractivity contribution < 1.29 is 9.53 Å². The van der Waals surface area contributed by atoms with Gasteiger partial charge in [0.25, 0.3) is 5.91 Å². The summed E-state index contributed by atoms with van der Waals surface area (Å²) in [4.78, 5) is 26.3. The molecule has 1 fully saturated rings. The third kappa shape index (κ3) is 4.20. The van der Waals surface area contributed by atoms with Crippen LogP contribution in [-0.2, 0) is 0 Å². The third-order valence-electron chi connectivity index (χ3n) is 6.32. The smallest absolute Gasteiger partial charge is 0.254 e. The van der Waals surface area contributed by atoms with E-state index in [1.807, 2.05) is 71.1 Å². The van der Waals surface area contributed by atoms with Crippen molar-refractivity contribution >= 4 is 23.1 Å². The van der Waals surface area contributed by atoms with Crippen LogP contribution in [0.4, 0.5) is 11.5 Å². The molecule has 0 aliphatic carbocycles. The number of carbonyl (C=O) groups excluding carboxylic acids is 1. The minimum absolute atomic E-state index is 0.0924. The zero-order valence-corrected chi connectivity index (χ0v) is 19.7. The molecule has 8 nitrogen and oxygen atoms in total. The molecule has 3 heterocycles. The van der Waals surface area contributed by atoms with Crippen LogP contribution in [-0.4, -0.2) is 70.4 Å². The van der Waals surface area contributed by atoms with Gasteiger partial charge in [-0.25, -0.2) is 9.97 Å². The van der Waals surface area contributed by atoms with Gasteiger partial charge >= 0.3 is 0 Å². The number of imidazole rings is 1. The van der Waals surface area contributed by atoms with Gasteiger partial charge in [0, 0.05) is 55.4 Å². The number of ether oxygens (including phenoxy) is 1. The first kappa shape index (κ1) is 21.9. The molecular formula is C26H28N6O2. The maximum Gasteiger partial charge on any atom is 0.254 e. The van der Waals surface area contributed by atoms with E-state index < -0.39 is 0 Å². The van der Waals surface area contributed by atoms with E-state index in [4.69, 9.17) is 4.74 Å². The van der Waals surface area contributed by atoms with Crippen LogP contribution in [0.5, 0.6) is 5.75 Å². The normalized spacial score (nSPS) is 14.4. The van der Waals surface area contributed by atoms with E-state index >= 15 is 0 Å². The average Bonchev–Trinajstić information content (AvgIpc) is 3.29. The summed E-state index contributed by atoms with van der Waals surface area (Å²) >= 11 is 0. The number of hydrogen-bond donors (Lipinski definition) is 1. The van der Waals surface area contributed by atoms with Crippen molar-refractivity contribution in [2.75, 3.05) is 45.7 Å². The van der Waals surface area contributed by atoms with E-state index in [1.54, 1.807) is 13.3 Å². The molecule has 0 saturated carbocycles. The predicted octanol–water partition coefficient (Wildman–Crippen LogP) is 3.84. The van der Waals surface area contributed by atoms with Crippen LogP contribution in [0.15, 0.2) is 61.1 Å². The minimum atomic E-state index is 0.0924. The van der Waals surface area contributed by atoms with Gasteiger partial charge in [0.2, 0.25) is 0 Å². The lowest BCUT2D eigenvalue weighted by Gasteiger charge is -2.32. The number of likely N-dealkylation sites (N-methyl/N-ethyl adjacent to an activating group) is 1. The number of rotatable bonds is 5. The molecule has 0 bridgehead atoms. The highest BCUT2D eigenvalue weighted by atomic mass is 16.5. The third-order valence-corrected chi connectivity index (χ3v) is 6.32. The Morgan fingerprint density at radius 2 is 1.79 bits per heavy atom. The van der Waals surface area contributed by atoms with Gasteiger partial charge < -0.3 is 19.9 Å². The Kier molecular flexibility index (Phi) is 5.90. The highest BCUT2D eigenvalue weighted by Crippen LogP contribution is 2.27. The maximum absolute atomic E-state index is 13.0. The molecule has 4 aromatic rings. The number of aromatic nitrogens is 3. The van der Waals surface area contributed by atoms with Crippen molar-refractivity contribution in [3.05, 3.63) is 72.2 Å². The highest BCUT2D eigenvalue weighted by molar-refractivity contribution is 5.96. The number of amides is 1. The van der Waals surface area contributed by atoms with Crippen molar-refractivity contribution in [1.29, 1.82) is 0 Å². The van der Waals surface area contributed by atoms with Gasteiger partial charge in [-0.2, -0.15) is 0 Å². The number of carbonyl (C=O) groups is 1. The standard InChI is InChI=1S/C26H28N6O2/c1-18-16-20(6-9-22(18)26(33)31-14-12-30(2)13-15-31)29-24-25-28-17-23(32(25)11-10-27-24)19-4-7-21(34-3)8-5-19/h4-11,16-17H,12-15H2,1-3H3,(H,27,29). The second-order valence-corrected chi connectivity index (χ2v) is 8.59. The van der Waals surface area contributed by atoms with Gasteiger partial charge in [0.05, 0.1) is 19.0 Å². The highest BCUT2D eigenvalue weighted by Gasteiger charge is 2.21. The summed E-state index contributed by atoms with van der Waals surface area (Å²) in [5, 5.41) is 3.38. The Morgan fingerprint density at radius 1 is 1.03 bits per heavy atom. The summed E-state index contributed by atoms with van der Waals surface area (Å²) < 4.78 is 7.27. The monoisotopic (exact) mass is 456 g/mol. The molecule has 2 aromatic carbocycles. The molecule has 174 valence electrons. The van der Waals surface area contributed by atoms with Crippen LogP contribution in [0, 0.1) is 6.92 Å². The minimum Gasteiger partial charge on any atom is -0.497 e. The summed E-state index contributed by atoms with van der Waals surface area (Å²) in [5.74, 6) is 1.56. The second-order valence-electron chi connectivity index (χ2n) is 8.59. The Hall–Kier alpha value is -3.91. The molecule has 2 aromatic heterocycles. The number of piperazine rings is 1. The predicted molar refractivity (Wildman–Crippen MR) is 133 cm³/mol. The fourth-order valence-corrected chi connectivity index (χ4v) is 4.28. The van der Waals surface area contributed by atoms with Crippen molar-refractivity contribution in [1.82, 2.24) is 24.2 Å². The topological polar surface area (TPSA) is 75.0 Å². The SMILES string of the molecule is COc1ccc(-c2cnc3c(Nc4ccc(C(=O)N5CCN(C)CC5)c(C)c4)nccn23)cc1.